The number of unbranched alkanes of at least 4 members (excludes halogenated alkanes) is 2. The molecule has 2 heterocycles. The van der Waals surface area contributed by atoms with Crippen LogP contribution < -0.4 is 5.32 Å². The molecule has 9 heteroatoms. The summed E-state index contributed by atoms with van der Waals surface area (Å²) < 4.78 is 29.7. The smallest absolute Gasteiger partial charge is 0.302 e. The summed E-state index contributed by atoms with van der Waals surface area (Å²) >= 11 is 0. The van der Waals surface area contributed by atoms with Crippen LogP contribution in [0.5, 0.6) is 0 Å². The highest BCUT2D eigenvalue weighted by Gasteiger charge is 2.33. The van der Waals surface area contributed by atoms with Crippen molar-refractivity contribution < 1.29 is 23.8 Å². The van der Waals surface area contributed by atoms with E-state index in [4.69, 9.17) is 0 Å². The Kier molecular flexibility index (Phi) is 8.24. The molecule has 2 aromatic carbocycles. The lowest BCUT2D eigenvalue weighted by Crippen LogP contribution is -2.48. The number of halogens is 2. The van der Waals surface area contributed by atoms with E-state index in [2.05, 4.69) is 16.9 Å². The lowest BCUT2D eigenvalue weighted by atomic mass is 9.99. The molecule has 0 spiro atoms. The van der Waals surface area contributed by atoms with E-state index in [1.807, 2.05) is 30.3 Å². The summed E-state index contributed by atoms with van der Waals surface area (Å²) in [7, 11) is 0. The second kappa shape index (κ2) is 11.4. The van der Waals surface area contributed by atoms with Gasteiger partial charge in [0.25, 0.3) is 5.91 Å². The molecule has 3 N–H and O–H groups in total. The molecular formula is C28H34F2N4O3. The molecule has 3 aromatic rings. The minimum absolute atomic E-state index is 0.173. The van der Waals surface area contributed by atoms with Gasteiger partial charge in [-0.3, -0.25) is 4.79 Å². The van der Waals surface area contributed by atoms with Gasteiger partial charge in [-0.05, 0) is 48.9 Å². The van der Waals surface area contributed by atoms with Crippen LogP contribution >= 0.6 is 0 Å². The van der Waals surface area contributed by atoms with Gasteiger partial charge in [-0.25, -0.2) is 4.98 Å². The average molecular weight is 513 g/mol. The van der Waals surface area contributed by atoms with Gasteiger partial charge in [0.05, 0.1) is 11.0 Å². The number of fused-ring (bicyclic) bond motifs is 2. The molecule has 0 saturated heterocycles. The van der Waals surface area contributed by atoms with E-state index in [0.717, 1.165) is 18.9 Å². The summed E-state index contributed by atoms with van der Waals surface area (Å²) in [5.74, 6) is -3.80. The van der Waals surface area contributed by atoms with Crippen molar-refractivity contribution in [3.8, 4) is 0 Å². The fourth-order valence-corrected chi connectivity index (χ4v) is 4.76. The first-order valence-corrected chi connectivity index (χ1v) is 12.6. The first-order valence-electron chi connectivity index (χ1n) is 12.6. The fourth-order valence-electron chi connectivity index (χ4n) is 4.76. The van der Waals surface area contributed by atoms with Crippen molar-refractivity contribution in [3.05, 3.63) is 77.8 Å². The van der Waals surface area contributed by atoms with Crippen molar-refractivity contribution in [1.29, 1.82) is 0 Å². The van der Waals surface area contributed by atoms with E-state index in [-0.39, 0.29) is 11.5 Å². The Balaban J connectivity index is 1.21. The molecule has 37 heavy (non-hydrogen) atoms. The van der Waals surface area contributed by atoms with Gasteiger partial charge < -0.3 is 25.0 Å². The van der Waals surface area contributed by atoms with Crippen molar-refractivity contribution in [2.75, 3.05) is 13.1 Å². The number of para-hydroxylation sites is 2. The average Bonchev–Trinajstić information content (AvgIpc) is 3.28. The fraction of sp³-hybridized carbons (Fsp3) is 0.429. The van der Waals surface area contributed by atoms with E-state index >= 15 is 0 Å². The van der Waals surface area contributed by atoms with Gasteiger partial charge in [-0.1, -0.05) is 43.0 Å². The first kappa shape index (κ1) is 26.8. The molecule has 2 atom stereocenters. The molecule has 0 radical (unpaired) electrons. The summed E-state index contributed by atoms with van der Waals surface area (Å²) in [6.45, 7) is 6.40. The maximum absolute atomic E-state index is 14.1. The van der Waals surface area contributed by atoms with Crippen LogP contribution in [0.1, 0.15) is 43.1 Å². The number of imidazole rings is 1. The standard InChI is InChI=1S/C28H34F2N4O3/c1-19(24(35)25(36)26(37)33-17-14-20-10-4-5-11-21(20)18-33)31-15-8-3-9-16-34-23-13-7-6-12-22(23)32-27(34)28(2,29)30/h4-7,10-13,24-25,31,35-36H,1,3,8-9,14-18H2,2H3. The number of aromatic nitrogens is 2. The highest BCUT2D eigenvalue weighted by Crippen LogP contribution is 2.30. The number of nitrogens with zero attached hydrogens (tertiary/aromatic N) is 3. The van der Waals surface area contributed by atoms with Crippen molar-refractivity contribution in [2.24, 2.45) is 0 Å². The maximum Gasteiger partial charge on any atom is 0.302 e. The molecule has 7 nitrogen and oxygen atoms in total. The maximum atomic E-state index is 14.1. The number of aliphatic hydroxyl groups is 2. The molecule has 0 fully saturated rings. The van der Waals surface area contributed by atoms with Gasteiger partial charge in [0, 0.05) is 38.8 Å². The Morgan fingerprint density at radius 1 is 1.08 bits per heavy atom. The second-order valence-electron chi connectivity index (χ2n) is 9.64. The Labute approximate surface area is 215 Å². The van der Waals surface area contributed by atoms with E-state index in [0.29, 0.717) is 56.5 Å². The third-order valence-electron chi connectivity index (χ3n) is 6.81. The molecule has 4 rings (SSSR count). The summed E-state index contributed by atoms with van der Waals surface area (Å²) in [4.78, 5) is 18.4. The molecule has 0 aliphatic carbocycles. The van der Waals surface area contributed by atoms with Gasteiger partial charge in [0.15, 0.2) is 11.9 Å². The van der Waals surface area contributed by atoms with Crippen LogP contribution in [0.2, 0.25) is 0 Å². The van der Waals surface area contributed by atoms with E-state index in [9.17, 15) is 23.8 Å². The number of nitrogens with one attached hydrogen (secondary N) is 1. The molecule has 1 aromatic heterocycles. The summed E-state index contributed by atoms with van der Waals surface area (Å²) in [5.41, 5.74) is 3.64. The molecule has 0 saturated carbocycles. The van der Waals surface area contributed by atoms with Gasteiger partial charge in [0.1, 0.15) is 6.10 Å². The van der Waals surface area contributed by atoms with Crippen LogP contribution in [0.15, 0.2) is 60.8 Å². The zero-order chi connectivity index (χ0) is 26.6. The molecular weight excluding hydrogens is 478 g/mol. The number of amides is 1. The number of rotatable bonds is 11. The van der Waals surface area contributed by atoms with Crippen LogP contribution in [-0.4, -0.2) is 55.9 Å². The minimum Gasteiger partial charge on any atom is -0.387 e. The molecule has 0 bridgehead atoms. The quantitative estimate of drug-likeness (QED) is 0.341. The normalized spacial score (nSPS) is 15.3. The number of carbonyl (C=O) groups is 1. The lowest BCUT2D eigenvalue weighted by molar-refractivity contribution is -0.145. The Morgan fingerprint density at radius 3 is 2.54 bits per heavy atom. The molecule has 1 aliphatic rings. The number of hydrogen-bond donors (Lipinski definition) is 3. The van der Waals surface area contributed by atoms with E-state index < -0.39 is 24.0 Å². The number of carbonyl (C=O) groups excluding carboxylic acids is 1. The summed E-state index contributed by atoms with van der Waals surface area (Å²) in [5, 5.41) is 23.9. The van der Waals surface area contributed by atoms with Gasteiger partial charge in [-0.2, -0.15) is 8.78 Å². The third kappa shape index (κ3) is 6.17. The third-order valence-corrected chi connectivity index (χ3v) is 6.81. The first-order chi connectivity index (χ1) is 17.7. The van der Waals surface area contributed by atoms with Crippen LogP contribution in [0, 0.1) is 0 Å². The van der Waals surface area contributed by atoms with E-state index in [1.165, 1.54) is 5.56 Å². The number of benzene rings is 2. The zero-order valence-corrected chi connectivity index (χ0v) is 21.0. The Morgan fingerprint density at radius 2 is 1.78 bits per heavy atom. The Hall–Kier alpha value is -3.30. The van der Waals surface area contributed by atoms with Crippen LogP contribution in [-0.2, 0) is 30.2 Å². The predicted molar refractivity (Wildman–Crippen MR) is 138 cm³/mol. The molecule has 1 amide bonds. The molecule has 2 unspecified atom stereocenters. The van der Waals surface area contributed by atoms with Crippen molar-refractivity contribution in [1.82, 2.24) is 19.8 Å². The minimum atomic E-state index is -3.04. The van der Waals surface area contributed by atoms with E-state index in [1.54, 1.807) is 27.7 Å². The van der Waals surface area contributed by atoms with Crippen molar-refractivity contribution >= 4 is 16.9 Å². The van der Waals surface area contributed by atoms with Crippen LogP contribution in [0.4, 0.5) is 8.78 Å². The van der Waals surface area contributed by atoms with Gasteiger partial charge >= 0.3 is 5.92 Å². The summed E-state index contributed by atoms with van der Waals surface area (Å²) in [6, 6.07) is 15.0. The van der Waals surface area contributed by atoms with Crippen molar-refractivity contribution in [2.45, 2.75) is 63.8 Å². The van der Waals surface area contributed by atoms with Gasteiger partial charge in [-0.15, -0.1) is 0 Å². The second-order valence-corrected chi connectivity index (χ2v) is 9.64. The number of aliphatic hydroxyl groups excluding tert-OH is 2. The predicted octanol–water partition coefficient (Wildman–Crippen LogP) is 3.73. The largest absolute Gasteiger partial charge is 0.387 e. The molecule has 1 aliphatic heterocycles. The number of aryl methyl sites for hydroxylation is 1. The van der Waals surface area contributed by atoms with Crippen molar-refractivity contribution in [3.63, 3.8) is 0 Å². The summed E-state index contributed by atoms with van der Waals surface area (Å²) in [6.07, 6.45) is -0.228. The number of alkyl halides is 2. The zero-order valence-electron chi connectivity index (χ0n) is 21.0. The monoisotopic (exact) mass is 512 g/mol. The highest BCUT2D eigenvalue weighted by atomic mass is 19.3. The topological polar surface area (TPSA) is 90.6 Å². The van der Waals surface area contributed by atoms with Crippen LogP contribution in [0.3, 0.4) is 0 Å². The van der Waals surface area contributed by atoms with Crippen LogP contribution in [0.25, 0.3) is 11.0 Å². The SMILES string of the molecule is C=C(NCCCCCn1c(C(C)(F)F)nc2ccccc21)C(O)C(O)C(=O)N1CCc2ccccc2C1. The Bertz CT molecular complexity index is 1250. The number of hydrogen-bond acceptors (Lipinski definition) is 5. The molecule has 198 valence electrons. The van der Waals surface area contributed by atoms with Gasteiger partial charge in [0.2, 0.25) is 0 Å². The lowest BCUT2D eigenvalue weighted by Gasteiger charge is -2.32. The highest BCUT2D eigenvalue weighted by molar-refractivity contribution is 5.82.